The van der Waals surface area contributed by atoms with Gasteiger partial charge in [0.1, 0.15) is 6.54 Å². The first kappa shape index (κ1) is 20.1. The molecule has 0 bridgehead atoms. The van der Waals surface area contributed by atoms with Gasteiger partial charge >= 0.3 is 5.97 Å². The van der Waals surface area contributed by atoms with Gasteiger partial charge in [0.05, 0.1) is 18.7 Å². The Hall–Kier alpha value is -1.95. The molecule has 134 valence electrons. The fraction of sp³-hybridized carbons (Fsp3) is 0.529. The number of hydrogen-bond donors (Lipinski definition) is 1. The Morgan fingerprint density at radius 1 is 1.25 bits per heavy atom. The fourth-order valence-corrected chi connectivity index (χ4v) is 2.30. The van der Waals surface area contributed by atoms with E-state index in [0.29, 0.717) is 24.0 Å². The van der Waals surface area contributed by atoms with Gasteiger partial charge in [-0.1, -0.05) is 25.4 Å². The molecule has 0 heterocycles. The number of halogens is 1. The molecule has 1 aromatic carbocycles. The SMILES string of the molecule is COc1cc(C(=O)N(CC(=O)O)C(C)C)cc(Cl)c1OCC(C)C. The molecule has 0 aromatic heterocycles. The quantitative estimate of drug-likeness (QED) is 0.772. The highest BCUT2D eigenvalue weighted by molar-refractivity contribution is 6.32. The van der Waals surface area contributed by atoms with Crippen LogP contribution >= 0.6 is 11.6 Å². The van der Waals surface area contributed by atoms with Crippen molar-refractivity contribution in [2.24, 2.45) is 5.92 Å². The van der Waals surface area contributed by atoms with E-state index in [4.69, 9.17) is 26.2 Å². The van der Waals surface area contributed by atoms with Gasteiger partial charge in [0.15, 0.2) is 11.5 Å². The Balaban J connectivity index is 3.18. The molecular formula is C17H24ClNO5. The van der Waals surface area contributed by atoms with E-state index in [1.165, 1.54) is 24.1 Å². The Morgan fingerprint density at radius 2 is 1.88 bits per heavy atom. The first-order chi connectivity index (χ1) is 11.2. The molecule has 0 saturated heterocycles. The van der Waals surface area contributed by atoms with Crippen LogP contribution in [0.25, 0.3) is 0 Å². The van der Waals surface area contributed by atoms with Crippen molar-refractivity contribution in [3.05, 3.63) is 22.7 Å². The van der Waals surface area contributed by atoms with Gasteiger partial charge < -0.3 is 19.5 Å². The summed E-state index contributed by atoms with van der Waals surface area (Å²) < 4.78 is 10.9. The lowest BCUT2D eigenvalue weighted by Gasteiger charge is -2.25. The molecule has 0 aliphatic heterocycles. The number of carboxylic acid groups (broad SMARTS) is 1. The highest BCUT2D eigenvalue weighted by atomic mass is 35.5. The van der Waals surface area contributed by atoms with E-state index in [1.807, 2.05) is 13.8 Å². The van der Waals surface area contributed by atoms with Gasteiger partial charge in [-0.3, -0.25) is 9.59 Å². The van der Waals surface area contributed by atoms with Gasteiger partial charge in [-0.25, -0.2) is 0 Å². The summed E-state index contributed by atoms with van der Waals surface area (Å²) in [4.78, 5) is 24.9. The lowest BCUT2D eigenvalue weighted by atomic mass is 10.1. The summed E-state index contributed by atoms with van der Waals surface area (Å²) in [5.41, 5.74) is 0.253. The maximum absolute atomic E-state index is 12.6. The van der Waals surface area contributed by atoms with Gasteiger partial charge in [-0.05, 0) is 31.9 Å². The molecule has 0 unspecified atom stereocenters. The molecule has 6 nitrogen and oxygen atoms in total. The molecule has 1 aromatic rings. The number of benzene rings is 1. The number of methoxy groups -OCH3 is 1. The van der Waals surface area contributed by atoms with Crippen LogP contribution in [0.2, 0.25) is 5.02 Å². The number of nitrogens with zero attached hydrogens (tertiary/aromatic N) is 1. The van der Waals surface area contributed by atoms with Crippen LogP contribution in [-0.2, 0) is 4.79 Å². The predicted octanol–water partition coefficient (Wildman–Crippen LogP) is 3.32. The summed E-state index contributed by atoms with van der Waals surface area (Å²) in [6.45, 7) is 7.58. The van der Waals surface area contributed by atoms with Crippen molar-refractivity contribution in [2.75, 3.05) is 20.3 Å². The molecular weight excluding hydrogens is 334 g/mol. The number of hydrogen-bond acceptors (Lipinski definition) is 4. The number of rotatable bonds is 8. The maximum Gasteiger partial charge on any atom is 0.323 e. The third kappa shape index (κ3) is 5.30. The van der Waals surface area contributed by atoms with Gasteiger partial charge in [-0.15, -0.1) is 0 Å². The number of carboxylic acids is 1. The molecule has 1 N–H and O–H groups in total. The number of carbonyl (C=O) groups excluding carboxylic acids is 1. The maximum atomic E-state index is 12.6. The minimum atomic E-state index is -1.08. The third-order valence-corrected chi connectivity index (χ3v) is 3.51. The molecule has 7 heteroatoms. The highest BCUT2D eigenvalue weighted by Gasteiger charge is 2.24. The van der Waals surface area contributed by atoms with Crippen LogP contribution in [0.1, 0.15) is 38.1 Å². The van der Waals surface area contributed by atoms with Crippen LogP contribution in [0.5, 0.6) is 11.5 Å². The van der Waals surface area contributed by atoms with Gasteiger partial charge in [0.2, 0.25) is 0 Å². The Labute approximate surface area is 147 Å². The first-order valence-electron chi connectivity index (χ1n) is 7.70. The largest absolute Gasteiger partial charge is 0.493 e. The van der Waals surface area contributed by atoms with E-state index in [0.717, 1.165) is 0 Å². The molecule has 0 atom stereocenters. The molecule has 0 spiro atoms. The normalized spacial score (nSPS) is 10.8. The molecule has 0 radical (unpaired) electrons. The van der Waals surface area contributed by atoms with Crippen molar-refractivity contribution < 1.29 is 24.2 Å². The standard InChI is InChI=1S/C17H24ClNO5/c1-10(2)9-24-16-13(18)6-12(7-14(16)23-5)17(22)19(11(3)4)8-15(20)21/h6-7,10-11H,8-9H2,1-5H3,(H,20,21). The van der Waals surface area contributed by atoms with Crippen LogP contribution in [0, 0.1) is 5.92 Å². The second-order valence-electron chi connectivity index (χ2n) is 6.11. The zero-order valence-electron chi connectivity index (χ0n) is 14.6. The van der Waals surface area contributed by atoms with E-state index in [-0.39, 0.29) is 23.2 Å². The van der Waals surface area contributed by atoms with Crippen molar-refractivity contribution in [1.29, 1.82) is 0 Å². The first-order valence-corrected chi connectivity index (χ1v) is 8.08. The third-order valence-electron chi connectivity index (χ3n) is 3.23. The van der Waals surface area contributed by atoms with E-state index in [9.17, 15) is 9.59 Å². The zero-order valence-corrected chi connectivity index (χ0v) is 15.4. The Bertz CT molecular complexity index is 601. The monoisotopic (exact) mass is 357 g/mol. The minimum absolute atomic E-state index is 0.248. The molecule has 0 fully saturated rings. The number of amides is 1. The van der Waals surface area contributed by atoms with Crippen LogP contribution in [0.3, 0.4) is 0 Å². The summed E-state index contributed by atoms with van der Waals surface area (Å²) in [6.07, 6.45) is 0. The molecule has 1 rings (SSSR count). The van der Waals surface area contributed by atoms with Gasteiger partial charge in [0, 0.05) is 11.6 Å². The average molecular weight is 358 g/mol. The molecule has 24 heavy (non-hydrogen) atoms. The number of ether oxygens (including phenoxy) is 2. The van der Waals surface area contributed by atoms with Crippen molar-refractivity contribution in [1.82, 2.24) is 4.90 Å². The molecule has 0 saturated carbocycles. The van der Waals surface area contributed by atoms with E-state index < -0.39 is 11.9 Å². The zero-order chi connectivity index (χ0) is 18.4. The topological polar surface area (TPSA) is 76.1 Å². The van der Waals surface area contributed by atoms with Crippen molar-refractivity contribution in [3.63, 3.8) is 0 Å². The lowest BCUT2D eigenvalue weighted by Crippen LogP contribution is -2.40. The second kappa shape index (κ2) is 8.78. The highest BCUT2D eigenvalue weighted by Crippen LogP contribution is 2.37. The van der Waals surface area contributed by atoms with E-state index in [1.54, 1.807) is 13.8 Å². The van der Waals surface area contributed by atoms with Crippen LogP contribution in [0.4, 0.5) is 0 Å². The van der Waals surface area contributed by atoms with Crippen LogP contribution in [-0.4, -0.2) is 48.2 Å². The van der Waals surface area contributed by atoms with Crippen molar-refractivity contribution >= 4 is 23.5 Å². The predicted molar refractivity (Wildman–Crippen MR) is 92.1 cm³/mol. The molecule has 0 aliphatic rings. The Morgan fingerprint density at radius 3 is 2.33 bits per heavy atom. The molecule has 1 amide bonds. The number of aliphatic carboxylic acids is 1. The smallest absolute Gasteiger partial charge is 0.323 e. The van der Waals surface area contributed by atoms with Crippen molar-refractivity contribution in [3.8, 4) is 11.5 Å². The summed E-state index contributed by atoms with van der Waals surface area (Å²) >= 11 is 6.24. The summed E-state index contributed by atoms with van der Waals surface area (Å²) in [5, 5.41) is 9.23. The Kier molecular flexibility index (Phi) is 7.35. The van der Waals surface area contributed by atoms with Crippen molar-refractivity contribution in [2.45, 2.75) is 33.7 Å². The van der Waals surface area contributed by atoms with Gasteiger partial charge in [-0.2, -0.15) is 0 Å². The lowest BCUT2D eigenvalue weighted by molar-refractivity contribution is -0.138. The van der Waals surface area contributed by atoms with E-state index >= 15 is 0 Å². The van der Waals surface area contributed by atoms with E-state index in [2.05, 4.69) is 0 Å². The molecule has 0 aliphatic carbocycles. The minimum Gasteiger partial charge on any atom is -0.493 e. The summed E-state index contributed by atoms with van der Waals surface area (Å²) in [6, 6.07) is 2.72. The average Bonchev–Trinajstić information content (AvgIpc) is 2.49. The van der Waals surface area contributed by atoms with Gasteiger partial charge in [0.25, 0.3) is 5.91 Å². The summed E-state index contributed by atoms with van der Waals surface area (Å²) in [5.74, 6) is -0.488. The van der Waals surface area contributed by atoms with Crippen LogP contribution < -0.4 is 9.47 Å². The second-order valence-corrected chi connectivity index (χ2v) is 6.52. The summed E-state index contributed by atoms with van der Waals surface area (Å²) in [7, 11) is 1.46. The van der Waals surface area contributed by atoms with Crippen LogP contribution in [0.15, 0.2) is 12.1 Å². The number of carbonyl (C=O) groups is 2. The fourth-order valence-electron chi connectivity index (χ4n) is 2.03.